The zero-order valence-electron chi connectivity index (χ0n) is 18.3. The highest BCUT2D eigenvalue weighted by Crippen LogP contribution is 2.39. The number of carbonyl (C=O) groups excluding carboxylic acids is 2. The molecule has 2 aromatic carbocycles. The summed E-state index contributed by atoms with van der Waals surface area (Å²) in [5.41, 5.74) is 3.39. The van der Waals surface area contributed by atoms with Gasteiger partial charge in [-0.3, -0.25) is 4.79 Å². The summed E-state index contributed by atoms with van der Waals surface area (Å²) in [6.07, 6.45) is 3.14. The van der Waals surface area contributed by atoms with Gasteiger partial charge in [0.1, 0.15) is 5.75 Å². The monoisotopic (exact) mass is 432 g/mol. The van der Waals surface area contributed by atoms with Crippen LogP contribution in [0, 0.1) is 5.92 Å². The van der Waals surface area contributed by atoms with Gasteiger partial charge in [-0.05, 0) is 42.7 Å². The largest absolute Gasteiger partial charge is 0.507 e. The lowest BCUT2D eigenvalue weighted by atomic mass is 9.82. The van der Waals surface area contributed by atoms with Crippen LogP contribution >= 0.6 is 0 Å². The SMILES string of the molecule is CC(C)C(=O)Nc1ccc(O)c(-c2cc(C3CCC3)n(C(=O)NCc3ccccc3)n2)c1. The van der Waals surface area contributed by atoms with E-state index in [-0.39, 0.29) is 29.5 Å². The molecule has 1 aliphatic rings. The summed E-state index contributed by atoms with van der Waals surface area (Å²) in [5, 5.41) is 20.8. The van der Waals surface area contributed by atoms with E-state index in [0.29, 0.717) is 23.5 Å². The van der Waals surface area contributed by atoms with Crippen LogP contribution in [0.5, 0.6) is 5.75 Å². The summed E-state index contributed by atoms with van der Waals surface area (Å²) in [6, 6.07) is 16.1. The van der Waals surface area contributed by atoms with Crippen molar-refractivity contribution >= 4 is 17.6 Å². The van der Waals surface area contributed by atoms with Crippen LogP contribution in [0.25, 0.3) is 11.3 Å². The molecule has 1 fully saturated rings. The molecule has 0 saturated heterocycles. The van der Waals surface area contributed by atoms with Crippen molar-refractivity contribution in [2.45, 2.75) is 45.6 Å². The Morgan fingerprint density at radius 3 is 2.53 bits per heavy atom. The number of amides is 2. The van der Waals surface area contributed by atoms with Gasteiger partial charge >= 0.3 is 6.03 Å². The second kappa shape index (κ2) is 9.26. The predicted octanol–water partition coefficient (Wildman–Crippen LogP) is 4.88. The molecule has 1 aromatic heterocycles. The Bertz CT molecular complexity index is 1120. The zero-order valence-corrected chi connectivity index (χ0v) is 18.3. The van der Waals surface area contributed by atoms with E-state index in [2.05, 4.69) is 15.7 Å². The molecular weight excluding hydrogens is 404 g/mol. The van der Waals surface area contributed by atoms with E-state index in [1.54, 1.807) is 12.1 Å². The van der Waals surface area contributed by atoms with Crippen molar-refractivity contribution in [2.24, 2.45) is 5.92 Å². The second-order valence-electron chi connectivity index (χ2n) is 8.51. The predicted molar refractivity (Wildman–Crippen MR) is 123 cm³/mol. The lowest BCUT2D eigenvalue weighted by Gasteiger charge is -2.25. The Morgan fingerprint density at radius 2 is 1.88 bits per heavy atom. The molecule has 0 bridgehead atoms. The summed E-state index contributed by atoms with van der Waals surface area (Å²) in [6.45, 7) is 4.04. The molecule has 3 aromatic rings. The van der Waals surface area contributed by atoms with Gasteiger partial charge in [0, 0.05) is 29.6 Å². The van der Waals surface area contributed by atoms with Crippen molar-refractivity contribution in [1.82, 2.24) is 15.1 Å². The smallest absolute Gasteiger partial charge is 0.342 e. The Hall–Kier alpha value is -3.61. The van der Waals surface area contributed by atoms with Gasteiger partial charge in [0.25, 0.3) is 0 Å². The number of anilines is 1. The van der Waals surface area contributed by atoms with Crippen molar-refractivity contribution in [3.63, 3.8) is 0 Å². The van der Waals surface area contributed by atoms with Gasteiger partial charge in [0.05, 0.1) is 11.4 Å². The zero-order chi connectivity index (χ0) is 22.7. The van der Waals surface area contributed by atoms with Crippen molar-refractivity contribution in [1.29, 1.82) is 0 Å². The third-order valence-corrected chi connectivity index (χ3v) is 5.80. The molecule has 1 saturated carbocycles. The molecule has 0 unspecified atom stereocenters. The Balaban J connectivity index is 1.62. The quantitative estimate of drug-likeness (QED) is 0.484. The maximum atomic E-state index is 13.0. The third-order valence-electron chi connectivity index (χ3n) is 5.80. The van der Waals surface area contributed by atoms with Crippen molar-refractivity contribution < 1.29 is 14.7 Å². The van der Waals surface area contributed by atoms with Gasteiger partial charge in [0.2, 0.25) is 5.91 Å². The maximum absolute atomic E-state index is 13.0. The van der Waals surface area contributed by atoms with E-state index in [4.69, 9.17) is 0 Å². The fourth-order valence-electron chi connectivity index (χ4n) is 3.64. The molecule has 0 atom stereocenters. The first kappa shape index (κ1) is 21.6. The number of carbonyl (C=O) groups is 2. The molecule has 32 heavy (non-hydrogen) atoms. The summed E-state index contributed by atoms with van der Waals surface area (Å²) in [4.78, 5) is 25.0. The number of phenols is 1. The summed E-state index contributed by atoms with van der Waals surface area (Å²) in [5.74, 6) is 0.0411. The van der Waals surface area contributed by atoms with Gasteiger partial charge in [0.15, 0.2) is 0 Å². The molecule has 0 spiro atoms. The summed E-state index contributed by atoms with van der Waals surface area (Å²) < 4.78 is 1.42. The molecular formula is C25H28N4O3. The normalized spacial score (nSPS) is 13.6. The van der Waals surface area contributed by atoms with E-state index < -0.39 is 0 Å². The number of nitrogens with zero attached hydrogens (tertiary/aromatic N) is 2. The van der Waals surface area contributed by atoms with Gasteiger partial charge in [-0.15, -0.1) is 0 Å². The van der Waals surface area contributed by atoms with Crippen molar-refractivity contribution in [2.75, 3.05) is 5.32 Å². The third kappa shape index (κ3) is 4.66. The molecule has 1 aliphatic carbocycles. The lowest BCUT2D eigenvalue weighted by Crippen LogP contribution is -2.31. The molecule has 4 rings (SSSR count). The Morgan fingerprint density at radius 1 is 1.12 bits per heavy atom. The number of nitrogens with one attached hydrogen (secondary N) is 2. The number of aromatic hydroxyl groups is 1. The van der Waals surface area contributed by atoms with Crippen LogP contribution in [0.2, 0.25) is 0 Å². The van der Waals surface area contributed by atoms with Gasteiger partial charge < -0.3 is 15.7 Å². The average Bonchev–Trinajstić information content (AvgIpc) is 3.17. The van der Waals surface area contributed by atoms with Crippen molar-refractivity contribution in [3.8, 4) is 17.0 Å². The first-order valence-electron chi connectivity index (χ1n) is 11.0. The fourth-order valence-corrected chi connectivity index (χ4v) is 3.64. The molecule has 166 valence electrons. The number of hydrogen-bond acceptors (Lipinski definition) is 4. The van der Waals surface area contributed by atoms with Crippen LogP contribution < -0.4 is 10.6 Å². The maximum Gasteiger partial charge on any atom is 0.342 e. The molecule has 0 radical (unpaired) electrons. The molecule has 3 N–H and O–H groups in total. The molecule has 7 heteroatoms. The van der Waals surface area contributed by atoms with Gasteiger partial charge in [-0.1, -0.05) is 50.6 Å². The van der Waals surface area contributed by atoms with E-state index in [9.17, 15) is 14.7 Å². The van der Waals surface area contributed by atoms with E-state index in [1.807, 2.05) is 50.2 Å². The highest BCUT2D eigenvalue weighted by molar-refractivity contribution is 5.93. The number of aromatic nitrogens is 2. The number of phenolic OH excluding ortho intramolecular Hbond substituents is 1. The first-order chi connectivity index (χ1) is 15.4. The minimum absolute atomic E-state index is 0.0436. The van der Waals surface area contributed by atoms with Crippen LogP contribution in [0.1, 0.15) is 50.3 Å². The highest BCUT2D eigenvalue weighted by atomic mass is 16.3. The van der Waals surface area contributed by atoms with E-state index >= 15 is 0 Å². The lowest BCUT2D eigenvalue weighted by molar-refractivity contribution is -0.118. The van der Waals surface area contributed by atoms with E-state index in [1.165, 1.54) is 10.7 Å². The van der Waals surface area contributed by atoms with E-state index in [0.717, 1.165) is 30.5 Å². The number of rotatable bonds is 6. The molecule has 0 aliphatic heterocycles. The van der Waals surface area contributed by atoms with Gasteiger partial charge in [-0.2, -0.15) is 9.78 Å². The highest BCUT2D eigenvalue weighted by Gasteiger charge is 2.27. The fraction of sp³-hybridized carbons (Fsp3) is 0.320. The van der Waals surface area contributed by atoms with Crippen LogP contribution in [-0.2, 0) is 11.3 Å². The van der Waals surface area contributed by atoms with Crippen molar-refractivity contribution in [3.05, 3.63) is 65.9 Å². The molecule has 1 heterocycles. The molecule has 7 nitrogen and oxygen atoms in total. The average molecular weight is 433 g/mol. The Labute approximate surface area is 187 Å². The molecule has 2 amide bonds. The van der Waals surface area contributed by atoms with Crippen LogP contribution in [0.4, 0.5) is 10.5 Å². The summed E-state index contributed by atoms with van der Waals surface area (Å²) in [7, 11) is 0. The van der Waals surface area contributed by atoms with Crippen LogP contribution in [0.15, 0.2) is 54.6 Å². The standard InChI is InChI=1S/C25H28N4O3/c1-16(2)24(31)27-19-11-12-23(30)20(13-19)21-14-22(18-9-6-10-18)29(28-21)25(32)26-15-17-7-4-3-5-8-17/h3-5,7-8,11-14,16,18,30H,6,9-10,15H2,1-2H3,(H,26,32)(H,27,31). The number of benzene rings is 2. The number of hydrogen-bond donors (Lipinski definition) is 3. The minimum atomic E-state index is -0.300. The topological polar surface area (TPSA) is 96.2 Å². The summed E-state index contributed by atoms with van der Waals surface area (Å²) >= 11 is 0. The first-order valence-corrected chi connectivity index (χ1v) is 11.0. The minimum Gasteiger partial charge on any atom is -0.507 e. The van der Waals surface area contributed by atoms with Crippen LogP contribution in [-0.4, -0.2) is 26.8 Å². The van der Waals surface area contributed by atoms with Crippen LogP contribution in [0.3, 0.4) is 0 Å². The Kier molecular flexibility index (Phi) is 6.25. The van der Waals surface area contributed by atoms with Gasteiger partial charge in [-0.25, -0.2) is 4.79 Å². The second-order valence-corrected chi connectivity index (χ2v) is 8.51.